The highest BCUT2D eigenvalue weighted by atomic mass is 16.5. The predicted octanol–water partition coefficient (Wildman–Crippen LogP) is 3.56. The van der Waals surface area contributed by atoms with Gasteiger partial charge in [-0.05, 0) is 43.7 Å². The molecule has 0 radical (unpaired) electrons. The van der Waals surface area contributed by atoms with E-state index in [4.69, 9.17) is 19.6 Å². The fourth-order valence-corrected chi connectivity index (χ4v) is 5.17. The van der Waals surface area contributed by atoms with Crippen molar-refractivity contribution in [2.45, 2.75) is 44.9 Å². The number of para-hydroxylation sites is 2. The number of fused-ring (bicyclic) bond motifs is 1. The van der Waals surface area contributed by atoms with Crippen LogP contribution in [0, 0.1) is 17.8 Å². The minimum Gasteiger partial charge on any atom is -0.450 e. The number of aromatic nitrogens is 1. The maximum Gasteiger partial charge on any atom is 0.404 e. The van der Waals surface area contributed by atoms with Crippen LogP contribution in [0.4, 0.5) is 4.79 Å². The van der Waals surface area contributed by atoms with Crippen LogP contribution in [-0.2, 0) is 14.3 Å². The molecule has 1 aliphatic heterocycles. The quantitative estimate of drug-likeness (QED) is 0.554. The van der Waals surface area contributed by atoms with Crippen LogP contribution in [0.15, 0.2) is 28.7 Å². The van der Waals surface area contributed by atoms with E-state index in [2.05, 4.69) is 4.98 Å². The number of nitrogens with zero attached hydrogens (tertiary/aromatic N) is 2. The second-order valence-corrected chi connectivity index (χ2v) is 9.18. The van der Waals surface area contributed by atoms with Crippen molar-refractivity contribution in [1.82, 2.24) is 9.88 Å². The third kappa shape index (κ3) is 5.94. The number of ether oxygens (including phenoxy) is 2. The van der Waals surface area contributed by atoms with Crippen LogP contribution in [0.25, 0.3) is 11.1 Å². The van der Waals surface area contributed by atoms with Gasteiger partial charge in [0.2, 0.25) is 11.7 Å². The molecule has 2 aromatic rings. The van der Waals surface area contributed by atoms with E-state index in [1.165, 1.54) is 6.42 Å². The van der Waals surface area contributed by atoms with Crippen molar-refractivity contribution in [2.75, 3.05) is 32.9 Å². The molecule has 2 fully saturated rings. The van der Waals surface area contributed by atoms with E-state index in [9.17, 15) is 14.4 Å². The van der Waals surface area contributed by atoms with Crippen LogP contribution in [0.5, 0.6) is 0 Å². The van der Waals surface area contributed by atoms with Crippen molar-refractivity contribution >= 4 is 28.9 Å². The van der Waals surface area contributed by atoms with Crippen molar-refractivity contribution in [1.29, 1.82) is 0 Å². The number of ketones is 1. The highest BCUT2D eigenvalue weighted by Crippen LogP contribution is 2.36. The molecule has 0 spiro atoms. The Labute approximate surface area is 198 Å². The van der Waals surface area contributed by atoms with Crippen LogP contribution in [0.1, 0.15) is 55.6 Å². The van der Waals surface area contributed by atoms with Crippen molar-refractivity contribution < 1.29 is 28.3 Å². The Morgan fingerprint density at radius 1 is 1.12 bits per heavy atom. The molecule has 2 unspecified atom stereocenters. The van der Waals surface area contributed by atoms with Gasteiger partial charge in [0.25, 0.3) is 5.89 Å². The molecule has 0 bridgehead atoms. The van der Waals surface area contributed by atoms with E-state index in [0.29, 0.717) is 43.8 Å². The topological polar surface area (TPSA) is 125 Å². The molecule has 1 saturated carbocycles. The number of hydrogen-bond donors (Lipinski definition) is 1. The van der Waals surface area contributed by atoms with Crippen molar-refractivity contribution in [2.24, 2.45) is 23.5 Å². The average Bonchev–Trinajstić information content (AvgIpc) is 3.30. The highest BCUT2D eigenvalue weighted by Gasteiger charge is 2.37. The number of carbonyl (C=O) groups is 3. The zero-order valence-corrected chi connectivity index (χ0v) is 19.4. The fourth-order valence-electron chi connectivity index (χ4n) is 5.17. The smallest absolute Gasteiger partial charge is 0.404 e. The Morgan fingerprint density at radius 2 is 1.85 bits per heavy atom. The summed E-state index contributed by atoms with van der Waals surface area (Å²) >= 11 is 0. The van der Waals surface area contributed by atoms with Crippen LogP contribution < -0.4 is 5.73 Å². The largest absolute Gasteiger partial charge is 0.450 e. The first kappa shape index (κ1) is 24.2. The van der Waals surface area contributed by atoms with Gasteiger partial charge in [0.15, 0.2) is 5.58 Å². The summed E-state index contributed by atoms with van der Waals surface area (Å²) in [6, 6.07) is 7.20. The molecule has 2 heterocycles. The van der Waals surface area contributed by atoms with Crippen LogP contribution in [-0.4, -0.2) is 60.6 Å². The number of benzene rings is 1. The third-order valence-corrected chi connectivity index (χ3v) is 6.98. The molecule has 1 saturated heterocycles. The van der Waals surface area contributed by atoms with Crippen molar-refractivity contribution in [3.63, 3.8) is 0 Å². The van der Waals surface area contributed by atoms with Gasteiger partial charge in [0.1, 0.15) is 5.52 Å². The zero-order chi connectivity index (χ0) is 23.9. The summed E-state index contributed by atoms with van der Waals surface area (Å²) in [5.41, 5.74) is 6.27. The van der Waals surface area contributed by atoms with Gasteiger partial charge in [-0.1, -0.05) is 31.4 Å². The maximum atomic E-state index is 13.6. The maximum absolute atomic E-state index is 13.6. The van der Waals surface area contributed by atoms with Gasteiger partial charge < -0.3 is 24.5 Å². The van der Waals surface area contributed by atoms with E-state index in [0.717, 1.165) is 25.7 Å². The second-order valence-electron chi connectivity index (χ2n) is 9.18. The van der Waals surface area contributed by atoms with E-state index in [1.54, 1.807) is 12.1 Å². The van der Waals surface area contributed by atoms with Crippen LogP contribution >= 0.6 is 0 Å². The first-order valence-electron chi connectivity index (χ1n) is 12.2. The number of nitrogens with two attached hydrogens (primary N) is 1. The summed E-state index contributed by atoms with van der Waals surface area (Å²) in [5, 5.41) is 0. The van der Waals surface area contributed by atoms with Gasteiger partial charge in [-0.25, -0.2) is 9.78 Å². The van der Waals surface area contributed by atoms with E-state index in [1.807, 2.05) is 17.0 Å². The summed E-state index contributed by atoms with van der Waals surface area (Å²) in [4.78, 5) is 44.5. The number of hydrogen-bond acceptors (Lipinski definition) is 7. The lowest BCUT2D eigenvalue weighted by atomic mass is 9.74. The van der Waals surface area contributed by atoms with E-state index < -0.39 is 12.0 Å². The predicted molar refractivity (Wildman–Crippen MR) is 124 cm³/mol. The Kier molecular flexibility index (Phi) is 8.16. The number of primary amides is 1. The zero-order valence-electron chi connectivity index (χ0n) is 19.4. The standard InChI is InChI=1S/C25H33N3O6/c26-25(31)33-13-10-18(22(29)23-27-20-8-4-5-9-21(20)34-23)16-19(17-6-2-1-3-7-17)24(30)28-11-14-32-15-12-28/h4-5,8-9,17-19H,1-3,6-7,10-16H2,(H2,26,31). The first-order chi connectivity index (χ1) is 16.5. The number of amides is 2. The lowest BCUT2D eigenvalue weighted by Gasteiger charge is -2.36. The number of Topliss-reactive ketones (excluding diaryl/α,β-unsaturated/α-hetero) is 1. The van der Waals surface area contributed by atoms with Gasteiger partial charge in [0, 0.05) is 24.9 Å². The fraction of sp³-hybridized carbons (Fsp3) is 0.600. The lowest BCUT2D eigenvalue weighted by molar-refractivity contribution is -0.142. The molecule has 184 valence electrons. The minimum absolute atomic E-state index is 0.00486. The molecule has 4 rings (SSSR count). The second kappa shape index (κ2) is 11.5. The third-order valence-electron chi connectivity index (χ3n) is 6.98. The molecule has 2 N–H and O–H groups in total. The highest BCUT2D eigenvalue weighted by molar-refractivity contribution is 5.96. The van der Waals surface area contributed by atoms with Crippen molar-refractivity contribution in [3.8, 4) is 0 Å². The van der Waals surface area contributed by atoms with Crippen LogP contribution in [0.2, 0.25) is 0 Å². The molecule has 9 nitrogen and oxygen atoms in total. The van der Waals surface area contributed by atoms with E-state index >= 15 is 0 Å². The summed E-state index contributed by atoms with van der Waals surface area (Å²) in [5.74, 6) is -0.817. The van der Waals surface area contributed by atoms with Gasteiger partial charge in [-0.3, -0.25) is 9.59 Å². The van der Waals surface area contributed by atoms with E-state index in [-0.39, 0.29) is 42.4 Å². The van der Waals surface area contributed by atoms with Gasteiger partial charge in [-0.2, -0.15) is 0 Å². The molecular weight excluding hydrogens is 438 g/mol. The molecule has 1 aromatic heterocycles. The average molecular weight is 472 g/mol. The monoisotopic (exact) mass is 471 g/mol. The molecule has 2 amide bonds. The molecule has 2 aliphatic rings. The van der Waals surface area contributed by atoms with Gasteiger partial charge in [0.05, 0.1) is 19.8 Å². The number of morpholine rings is 1. The first-order valence-corrected chi connectivity index (χ1v) is 12.2. The number of carbonyl (C=O) groups excluding carboxylic acids is 3. The summed E-state index contributed by atoms with van der Waals surface area (Å²) in [7, 11) is 0. The van der Waals surface area contributed by atoms with Crippen LogP contribution in [0.3, 0.4) is 0 Å². The van der Waals surface area contributed by atoms with Gasteiger partial charge in [-0.15, -0.1) is 0 Å². The normalized spacial score (nSPS) is 19.0. The molecular formula is C25H33N3O6. The Hall–Kier alpha value is -2.94. The number of rotatable bonds is 9. The molecule has 1 aromatic carbocycles. The molecule has 9 heteroatoms. The SMILES string of the molecule is NC(=O)OCCC(CC(C(=O)N1CCOCC1)C1CCCCC1)C(=O)c1nc2ccccc2o1. The van der Waals surface area contributed by atoms with Crippen molar-refractivity contribution in [3.05, 3.63) is 30.2 Å². The Morgan fingerprint density at radius 3 is 2.56 bits per heavy atom. The Balaban J connectivity index is 1.57. The van der Waals surface area contributed by atoms with Gasteiger partial charge >= 0.3 is 6.09 Å². The summed E-state index contributed by atoms with van der Waals surface area (Å²) < 4.78 is 16.1. The minimum atomic E-state index is -0.888. The molecule has 1 aliphatic carbocycles. The number of oxazole rings is 1. The Bertz CT molecular complexity index is 960. The summed E-state index contributed by atoms with van der Waals surface area (Å²) in [6.45, 7) is 2.18. The lowest BCUT2D eigenvalue weighted by Crippen LogP contribution is -2.46. The summed E-state index contributed by atoms with van der Waals surface area (Å²) in [6.07, 6.45) is 5.03. The molecule has 34 heavy (non-hydrogen) atoms. The molecule has 2 atom stereocenters.